The first-order valence-electron chi connectivity index (χ1n) is 14.1. The number of anilines is 1. The number of piperidine rings is 1. The highest BCUT2D eigenvalue weighted by Gasteiger charge is 2.25. The maximum Gasteiger partial charge on any atom is 0.257 e. The lowest BCUT2D eigenvalue weighted by atomic mass is 9.89. The van der Waals surface area contributed by atoms with E-state index in [2.05, 4.69) is 32.8 Å². The summed E-state index contributed by atoms with van der Waals surface area (Å²) in [7, 11) is 0. The summed E-state index contributed by atoms with van der Waals surface area (Å²) in [4.78, 5) is 27.5. The van der Waals surface area contributed by atoms with Crippen molar-refractivity contribution in [3.8, 4) is 11.3 Å². The third-order valence-corrected chi connectivity index (χ3v) is 8.09. The quantitative estimate of drug-likeness (QED) is 0.230. The van der Waals surface area contributed by atoms with E-state index < -0.39 is 0 Å². The standard InChI is InChI=1S/C31H38Cl2N4O3/c1-20(2)30(38)35-24-10-7-9-23(19-24)22-13-17-37(18-14-22)16-6-4-5-15-34-31(39)27-21(3)40-36-29(27)28-25(32)11-8-12-26(28)33/h7-12,19-20,22H,4-6,13-18H2,1-3H3,(H,34,39)(H,35,38). The molecule has 214 valence electrons. The maximum atomic E-state index is 12.9. The molecular weight excluding hydrogens is 547 g/mol. The Kier molecular flexibility index (Phi) is 10.6. The van der Waals surface area contributed by atoms with Gasteiger partial charge in [0, 0.05) is 23.7 Å². The molecule has 9 heteroatoms. The zero-order valence-electron chi connectivity index (χ0n) is 23.4. The summed E-state index contributed by atoms with van der Waals surface area (Å²) in [6.45, 7) is 9.30. The second-order valence-corrected chi connectivity index (χ2v) is 11.6. The molecule has 2 amide bonds. The van der Waals surface area contributed by atoms with E-state index in [0.29, 0.717) is 45.1 Å². The molecule has 40 heavy (non-hydrogen) atoms. The van der Waals surface area contributed by atoms with Gasteiger partial charge in [-0.25, -0.2) is 0 Å². The molecule has 0 saturated carbocycles. The van der Waals surface area contributed by atoms with Crippen molar-refractivity contribution in [2.45, 2.75) is 58.8 Å². The van der Waals surface area contributed by atoms with Crippen molar-refractivity contribution < 1.29 is 14.1 Å². The highest BCUT2D eigenvalue weighted by atomic mass is 35.5. The van der Waals surface area contributed by atoms with Crippen LogP contribution in [-0.4, -0.2) is 48.0 Å². The molecule has 0 bridgehead atoms. The van der Waals surface area contributed by atoms with Gasteiger partial charge in [0.15, 0.2) is 0 Å². The number of likely N-dealkylation sites (tertiary alicyclic amines) is 1. The number of aromatic nitrogens is 1. The largest absolute Gasteiger partial charge is 0.360 e. The van der Waals surface area contributed by atoms with Gasteiger partial charge in [0.05, 0.1) is 10.0 Å². The average molecular weight is 586 g/mol. The molecule has 2 N–H and O–H groups in total. The number of hydrogen-bond acceptors (Lipinski definition) is 5. The maximum absolute atomic E-state index is 12.9. The SMILES string of the molecule is Cc1onc(-c2c(Cl)cccc2Cl)c1C(=O)NCCCCCN1CCC(c2cccc(NC(=O)C(C)C)c2)CC1. The summed E-state index contributed by atoms with van der Waals surface area (Å²) in [5, 5.41) is 10.9. The van der Waals surface area contributed by atoms with Crippen molar-refractivity contribution in [1.29, 1.82) is 0 Å². The van der Waals surface area contributed by atoms with Crippen LogP contribution >= 0.6 is 23.2 Å². The summed E-state index contributed by atoms with van der Waals surface area (Å²) in [6.07, 6.45) is 5.25. The molecule has 1 aromatic heterocycles. The number of carbonyl (C=O) groups is 2. The number of amides is 2. The first-order valence-corrected chi connectivity index (χ1v) is 14.8. The highest BCUT2D eigenvalue weighted by Crippen LogP contribution is 2.36. The lowest BCUT2D eigenvalue weighted by Crippen LogP contribution is -2.33. The van der Waals surface area contributed by atoms with E-state index in [4.69, 9.17) is 27.7 Å². The van der Waals surface area contributed by atoms with Crippen LogP contribution in [0.15, 0.2) is 47.0 Å². The number of aryl methyl sites for hydroxylation is 1. The van der Waals surface area contributed by atoms with Crippen LogP contribution in [0, 0.1) is 12.8 Å². The van der Waals surface area contributed by atoms with Crippen molar-refractivity contribution in [1.82, 2.24) is 15.4 Å². The Labute approximate surface area is 246 Å². The number of rotatable bonds is 11. The van der Waals surface area contributed by atoms with Crippen molar-refractivity contribution in [3.05, 3.63) is 69.4 Å². The third kappa shape index (κ3) is 7.65. The van der Waals surface area contributed by atoms with Crippen LogP contribution in [-0.2, 0) is 4.79 Å². The zero-order chi connectivity index (χ0) is 28.6. The first kappa shape index (κ1) is 30.1. The van der Waals surface area contributed by atoms with E-state index in [0.717, 1.165) is 57.4 Å². The van der Waals surface area contributed by atoms with E-state index in [1.165, 1.54) is 5.56 Å². The summed E-state index contributed by atoms with van der Waals surface area (Å²) < 4.78 is 5.31. The Morgan fingerprint density at radius 3 is 2.45 bits per heavy atom. The number of halogens is 2. The van der Waals surface area contributed by atoms with Gasteiger partial charge in [-0.2, -0.15) is 0 Å². The van der Waals surface area contributed by atoms with E-state index in [1.807, 2.05) is 26.0 Å². The smallest absolute Gasteiger partial charge is 0.257 e. The van der Waals surface area contributed by atoms with Crippen LogP contribution in [0.3, 0.4) is 0 Å². The Balaban J connectivity index is 1.17. The van der Waals surface area contributed by atoms with Crippen LogP contribution < -0.4 is 10.6 Å². The Morgan fingerprint density at radius 1 is 1.05 bits per heavy atom. The van der Waals surface area contributed by atoms with Gasteiger partial charge in [0.25, 0.3) is 5.91 Å². The molecule has 1 fully saturated rings. The van der Waals surface area contributed by atoms with Gasteiger partial charge in [-0.1, -0.05) is 66.8 Å². The molecule has 0 aliphatic carbocycles. The fourth-order valence-corrected chi connectivity index (χ4v) is 5.69. The van der Waals surface area contributed by atoms with Crippen LogP contribution in [0.25, 0.3) is 11.3 Å². The summed E-state index contributed by atoms with van der Waals surface area (Å²) >= 11 is 12.7. The van der Waals surface area contributed by atoms with Crippen molar-refractivity contribution >= 4 is 40.7 Å². The molecule has 0 spiro atoms. The monoisotopic (exact) mass is 584 g/mol. The second-order valence-electron chi connectivity index (χ2n) is 10.8. The molecular formula is C31H38Cl2N4O3. The lowest BCUT2D eigenvalue weighted by molar-refractivity contribution is -0.118. The highest BCUT2D eigenvalue weighted by molar-refractivity contribution is 6.39. The van der Waals surface area contributed by atoms with Gasteiger partial charge in [-0.15, -0.1) is 0 Å². The van der Waals surface area contributed by atoms with E-state index in [9.17, 15) is 9.59 Å². The molecule has 2 aromatic carbocycles. The molecule has 2 heterocycles. The van der Waals surface area contributed by atoms with Crippen LogP contribution in [0.1, 0.15) is 73.6 Å². The van der Waals surface area contributed by atoms with Crippen LogP contribution in [0.2, 0.25) is 10.0 Å². The van der Waals surface area contributed by atoms with E-state index in [-0.39, 0.29) is 17.7 Å². The number of benzene rings is 2. The molecule has 1 saturated heterocycles. The summed E-state index contributed by atoms with van der Waals surface area (Å²) in [6, 6.07) is 13.5. The molecule has 7 nitrogen and oxygen atoms in total. The number of nitrogens with zero attached hydrogens (tertiary/aromatic N) is 2. The minimum absolute atomic E-state index is 0.0344. The second kappa shape index (κ2) is 14.2. The molecule has 4 rings (SSSR count). The zero-order valence-corrected chi connectivity index (χ0v) is 24.9. The molecule has 0 atom stereocenters. The molecule has 0 unspecified atom stereocenters. The molecule has 1 aliphatic heterocycles. The first-order chi connectivity index (χ1) is 19.2. The van der Waals surface area contributed by atoms with Gasteiger partial charge in [0.1, 0.15) is 17.0 Å². The molecule has 3 aromatic rings. The minimum atomic E-state index is -0.236. The fraction of sp³-hybridized carbons (Fsp3) is 0.452. The predicted molar refractivity (Wildman–Crippen MR) is 161 cm³/mol. The van der Waals surface area contributed by atoms with Gasteiger partial charge in [-0.05, 0) is 88.0 Å². The van der Waals surface area contributed by atoms with Gasteiger partial charge >= 0.3 is 0 Å². The van der Waals surface area contributed by atoms with E-state index >= 15 is 0 Å². The topological polar surface area (TPSA) is 87.5 Å². The fourth-order valence-electron chi connectivity index (χ4n) is 5.11. The number of unbranched alkanes of at least 4 members (excludes halogenated alkanes) is 2. The van der Waals surface area contributed by atoms with Crippen molar-refractivity contribution in [2.24, 2.45) is 5.92 Å². The number of nitrogens with one attached hydrogen (secondary N) is 2. The Bertz CT molecular complexity index is 1300. The molecule has 1 aliphatic rings. The number of hydrogen-bond donors (Lipinski definition) is 2. The predicted octanol–water partition coefficient (Wildman–Crippen LogP) is 7.33. The van der Waals surface area contributed by atoms with Crippen molar-refractivity contribution in [3.63, 3.8) is 0 Å². The summed E-state index contributed by atoms with van der Waals surface area (Å²) in [5.41, 5.74) is 3.42. The van der Waals surface area contributed by atoms with Gasteiger partial charge in [-0.3, -0.25) is 9.59 Å². The Hall–Kier alpha value is -2.87. The molecule has 0 radical (unpaired) electrons. The van der Waals surface area contributed by atoms with E-state index in [1.54, 1.807) is 25.1 Å². The number of carbonyl (C=O) groups excluding carboxylic acids is 2. The Morgan fingerprint density at radius 2 is 1.75 bits per heavy atom. The van der Waals surface area contributed by atoms with Crippen molar-refractivity contribution in [2.75, 3.05) is 31.5 Å². The summed E-state index contributed by atoms with van der Waals surface area (Å²) in [5.74, 6) is 0.729. The normalized spacial score (nSPS) is 14.4. The third-order valence-electron chi connectivity index (χ3n) is 7.46. The van der Waals surface area contributed by atoms with Gasteiger partial charge in [0.2, 0.25) is 5.91 Å². The van der Waals surface area contributed by atoms with Gasteiger partial charge < -0.3 is 20.1 Å². The average Bonchev–Trinajstić information content (AvgIpc) is 3.31. The lowest BCUT2D eigenvalue weighted by Gasteiger charge is -2.32. The van der Waals surface area contributed by atoms with Crippen LogP contribution in [0.5, 0.6) is 0 Å². The van der Waals surface area contributed by atoms with Crippen LogP contribution in [0.4, 0.5) is 5.69 Å². The minimum Gasteiger partial charge on any atom is -0.360 e.